The van der Waals surface area contributed by atoms with Crippen LogP contribution in [-0.4, -0.2) is 9.13 Å². The molecule has 0 radical (unpaired) electrons. The van der Waals surface area contributed by atoms with Crippen LogP contribution < -0.4 is 0 Å². The van der Waals surface area contributed by atoms with Crippen molar-refractivity contribution in [2.24, 2.45) is 0 Å². The maximum Gasteiger partial charge on any atom is 0.0541 e. The lowest BCUT2D eigenvalue weighted by molar-refractivity contribution is 0.796. The lowest BCUT2D eigenvalue weighted by Gasteiger charge is -2.13. The highest BCUT2D eigenvalue weighted by atomic mass is 32.1. The summed E-state index contributed by atoms with van der Waals surface area (Å²) in [6.45, 7) is 2.26. The van der Waals surface area contributed by atoms with Gasteiger partial charge in [-0.2, -0.15) is 0 Å². The van der Waals surface area contributed by atoms with Gasteiger partial charge in [-0.05, 0) is 137 Å². The highest BCUT2D eigenvalue weighted by Gasteiger charge is 2.21. The van der Waals surface area contributed by atoms with Gasteiger partial charge >= 0.3 is 0 Å². The molecular weight excluding hydrogens is 733 g/mol. The van der Waals surface area contributed by atoms with Gasteiger partial charge in [0.15, 0.2) is 0 Å². The summed E-state index contributed by atoms with van der Waals surface area (Å²) in [4.78, 5) is 0. The van der Waals surface area contributed by atoms with E-state index in [0.29, 0.717) is 0 Å². The fourth-order valence-corrected chi connectivity index (χ4v) is 10.9. The van der Waals surface area contributed by atoms with Gasteiger partial charge in [0, 0.05) is 59.0 Å². The summed E-state index contributed by atoms with van der Waals surface area (Å²) in [5.41, 5.74) is 15.3. The summed E-state index contributed by atoms with van der Waals surface area (Å²) in [5.74, 6) is 0. The molecule has 1 aliphatic carbocycles. The Balaban J connectivity index is 0.967. The fraction of sp³-hybridized carbons (Fsp3) is 0.107. The average molecular weight is 775 g/mol. The molecule has 0 N–H and O–H groups in total. The largest absolute Gasteiger partial charge is 0.313 e. The third-order valence-corrected chi connectivity index (χ3v) is 13.9. The molecule has 0 amide bonds. The molecule has 0 atom stereocenters. The summed E-state index contributed by atoms with van der Waals surface area (Å²) in [6.07, 6.45) is 10.4. The van der Waals surface area contributed by atoms with Gasteiger partial charge in [-0.1, -0.05) is 116 Å². The van der Waals surface area contributed by atoms with Crippen molar-refractivity contribution in [3.8, 4) is 33.6 Å². The monoisotopic (exact) mass is 774 g/mol. The molecular formula is C56H42N2S. The van der Waals surface area contributed by atoms with E-state index in [0.717, 1.165) is 19.3 Å². The number of benzene rings is 8. The number of thiophene rings is 1. The molecule has 3 heterocycles. The van der Waals surface area contributed by atoms with Gasteiger partial charge in [-0.3, -0.25) is 0 Å². The number of allylic oxidation sites excluding steroid dienone is 1. The first kappa shape index (κ1) is 34.4. The first-order valence-electron chi connectivity index (χ1n) is 21.1. The van der Waals surface area contributed by atoms with Crippen molar-refractivity contribution < 1.29 is 0 Å². The number of rotatable bonds is 7. The molecule has 0 saturated carbocycles. The Bertz CT molecular complexity index is 3480. The standard InChI is InChI=1S/C56H42N2S/c1-2-3-11-36-18-19-39-31-43(24-20-38(39)30-36)57-51-16-9-7-14-45(51)47-32-41(21-26-53(47)57)42-22-27-54-48(33-42)46-15-8-10-17-52(46)58(54)44-25-29-56-50(35-44)49-34-40(23-28-55(49)59-56)37-12-5-4-6-13-37/h4-9,12-16,18-35H,2-3,10-11,17H2,1H3. The van der Waals surface area contributed by atoms with Gasteiger partial charge in [0.25, 0.3) is 0 Å². The van der Waals surface area contributed by atoms with Crippen LogP contribution in [0.5, 0.6) is 0 Å². The second kappa shape index (κ2) is 13.7. The number of aryl methyl sites for hydroxylation is 1. The molecule has 8 aromatic carbocycles. The zero-order chi connectivity index (χ0) is 39.0. The number of nitrogens with zero attached hydrogens (tertiary/aromatic N) is 2. The van der Waals surface area contributed by atoms with Crippen LogP contribution >= 0.6 is 11.3 Å². The highest BCUT2D eigenvalue weighted by molar-refractivity contribution is 7.25. The average Bonchev–Trinajstić information content (AvgIpc) is 3.95. The topological polar surface area (TPSA) is 9.86 Å². The molecule has 3 heteroatoms. The smallest absolute Gasteiger partial charge is 0.0541 e. The Labute approximate surface area is 347 Å². The summed E-state index contributed by atoms with van der Waals surface area (Å²) in [7, 11) is 0. The molecule has 0 unspecified atom stereocenters. The molecule has 1 aliphatic rings. The summed E-state index contributed by atoms with van der Waals surface area (Å²) >= 11 is 1.89. The van der Waals surface area contributed by atoms with E-state index in [1.807, 2.05) is 11.3 Å². The maximum absolute atomic E-state index is 2.54. The molecule has 0 aliphatic heterocycles. The van der Waals surface area contributed by atoms with Gasteiger partial charge in [-0.15, -0.1) is 11.3 Å². The second-order valence-corrected chi connectivity index (χ2v) is 17.4. The van der Waals surface area contributed by atoms with Crippen LogP contribution in [0.25, 0.3) is 103 Å². The molecule has 0 spiro atoms. The molecule has 0 fully saturated rings. The van der Waals surface area contributed by atoms with Crippen molar-refractivity contribution in [2.45, 2.75) is 39.0 Å². The SMILES string of the molecule is CCCCc1ccc2cc(-n3c4ccccc4c4cc(-c5ccc6c(c5)c5c(n6-c6ccc7sc8ccc(-c9ccccc9)cc8c7c6)CCC=C5)ccc43)ccc2c1. The molecule has 12 rings (SSSR count). The molecule has 0 saturated heterocycles. The molecule has 2 nitrogen and oxygen atoms in total. The van der Waals surface area contributed by atoms with E-state index < -0.39 is 0 Å². The Morgan fingerprint density at radius 2 is 1.14 bits per heavy atom. The Morgan fingerprint density at radius 1 is 0.492 bits per heavy atom. The minimum absolute atomic E-state index is 1.02. The van der Waals surface area contributed by atoms with Crippen molar-refractivity contribution in [3.05, 3.63) is 187 Å². The molecule has 0 bridgehead atoms. The predicted molar refractivity (Wildman–Crippen MR) is 255 cm³/mol. The van der Waals surface area contributed by atoms with Crippen molar-refractivity contribution in [3.63, 3.8) is 0 Å². The van der Waals surface area contributed by atoms with Crippen LogP contribution in [0.3, 0.4) is 0 Å². The zero-order valence-electron chi connectivity index (χ0n) is 33.1. The van der Waals surface area contributed by atoms with E-state index in [9.17, 15) is 0 Å². The molecule has 59 heavy (non-hydrogen) atoms. The molecule has 3 aromatic heterocycles. The number of fused-ring (bicyclic) bond motifs is 10. The quantitative estimate of drug-likeness (QED) is 0.153. The lowest BCUT2D eigenvalue weighted by Crippen LogP contribution is -2.02. The number of hydrogen-bond donors (Lipinski definition) is 0. The van der Waals surface area contributed by atoms with Gasteiger partial charge in [0.05, 0.1) is 16.6 Å². The van der Waals surface area contributed by atoms with Gasteiger partial charge in [0.1, 0.15) is 0 Å². The van der Waals surface area contributed by atoms with E-state index in [4.69, 9.17) is 0 Å². The van der Waals surface area contributed by atoms with E-state index in [-0.39, 0.29) is 0 Å². The summed E-state index contributed by atoms with van der Waals surface area (Å²) < 4.78 is 7.64. The minimum Gasteiger partial charge on any atom is -0.313 e. The number of unbranched alkanes of at least 4 members (excludes halogenated alkanes) is 1. The lowest BCUT2D eigenvalue weighted by atomic mass is 9.98. The Hall–Kier alpha value is -6.68. The third-order valence-electron chi connectivity index (χ3n) is 12.7. The normalized spacial score (nSPS) is 12.8. The Kier molecular flexibility index (Phi) is 7.99. The van der Waals surface area contributed by atoms with E-state index in [1.165, 1.54) is 127 Å². The minimum atomic E-state index is 1.02. The maximum atomic E-state index is 2.54. The summed E-state index contributed by atoms with van der Waals surface area (Å²) in [5, 5.41) is 9.11. The second-order valence-electron chi connectivity index (χ2n) is 16.3. The van der Waals surface area contributed by atoms with Crippen LogP contribution in [-0.2, 0) is 12.8 Å². The first-order valence-corrected chi connectivity index (χ1v) is 21.9. The van der Waals surface area contributed by atoms with Gasteiger partial charge < -0.3 is 9.13 Å². The number of hydrogen-bond acceptors (Lipinski definition) is 1. The van der Waals surface area contributed by atoms with Crippen molar-refractivity contribution in [1.82, 2.24) is 9.13 Å². The predicted octanol–water partition coefficient (Wildman–Crippen LogP) is 15.9. The van der Waals surface area contributed by atoms with Crippen molar-refractivity contribution in [1.29, 1.82) is 0 Å². The van der Waals surface area contributed by atoms with Crippen molar-refractivity contribution >= 4 is 81.1 Å². The first-order chi connectivity index (χ1) is 29.2. The third kappa shape index (κ3) is 5.60. The van der Waals surface area contributed by atoms with Crippen LogP contribution in [0, 0.1) is 0 Å². The number of aromatic nitrogens is 2. The van der Waals surface area contributed by atoms with E-state index in [2.05, 4.69) is 192 Å². The van der Waals surface area contributed by atoms with Crippen LogP contribution in [0.2, 0.25) is 0 Å². The van der Waals surface area contributed by atoms with Crippen molar-refractivity contribution in [2.75, 3.05) is 0 Å². The molecule has 282 valence electrons. The zero-order valence-corrected chi connectivity index (χ0v) is 33.9. The number of para-hydroxylation sites is 1. The van der Waals surface area contributed by atoms with Gasteiger partial charge in [0.2, 0.25) is 0 Å². The van der Waals surface area contributed by atoms with Crippen LogP contribution in [0.4, 0.5) is 0 Å². The van der Waals surface area contributed by atoms with E-state index in [1.54, 1.807) is 0 Å². The molecule has 11 aromatic rings. The summed E-state index contributed by atoms with van der Waals surface area (Å²) in [6, 6.07) is 61.7. The van der Waals surface area contributed by atoms with Crippen LogP contribution in [0.1, 0.15) is 43.0 Å². The van der Waals surface area contributed by atoms with Gasteiger partial charge in [-0.25, -0.2) is 0 Å². The Morgan fingerprint density at radius 3 is 2.00 bits per heavy atom. The van der Waals surface area contributed by atoms with Crippen LogP contribution in [0.15, 0.2) is 170 Å². The highest BCUT2D eigenvalue weighted by Crippen LogP contribution is 2.42. The fourth-order valence-electron chi connectivity index (χ4n) is 9.80. The van der Waals surface area contributed by atoms with E-state index >= 15 is 0 Å².